The molecule has 0 aliphatic rings. The molecule has 0 aliphatic carbocycles. The Morgan fingerprint density at radius 3 is 2.24 bits per heavy atom. The van der Waals surface area contributed by atoms with Crippen LogP contribution in [0.4, 0.5) is 11.4 Å². The molecule has 0 aliphatic heterocycles. The molecule has 2 aromatic carbocycles. The number of amides is 2. The van der Waals surface area contributed by atoms with Crippen LogP contribution in [0.25, 0.3) is 0 Å². The molecule has 8 nitrogen and oxygen atoms in total. The Bertz CT molecular complexity index is 1240. The summed E-state index contributed by atoms with van der Waals surface area (Å²) in [6, 6.07) is 16.2. The van der Waals surface area contributed by atoms with E-state index in [4.69, 9.17) is 0 Å². The zero-order valence-corrected chi connectivity index (χ0v) is 19.4. The Morgan fingerprint density at radius 2 is 1.67 bits per heavy atom. The van der Waals surface area contributed by atoms with E-state index in [1.807, 2.05) is 0 Å². The summed E-state index contributed by atoms with van der Waals surface area (Å²) in [4.78, 5) is 28.2. The molecule has 33 heavy (non-hydrogen) atoms. The first-order chi connectivity index (χ1) is 15.8. The molecule has 0 saturated carbocycles. The molecule has 0 atom stereocenters. The lowest BCUT2D eigenvalue weighted by Gasteiger charge is -2.10. The summed E-state index contributed by atoms with van der Waals surface area (Å²) in [6.07, 6.45) is 3.10. The van der Waals surface area contributed by atoms with Gasteiger partial charge >= 0.3 is 0 Å². The van der Waals surface area contributed by atoms with Crippen molar-refractivity contribution < 1.29 is 18.0 Å². The van der Waals surface area contributed by atoms with Gasteiger partial charge in [-0.3, -0.25) is 14.3 Å². The van der Waals surface area contributed by atoms with E-state index in [-0.39, 0.29) is 16.7 Å². The minimum absolute atomic E-state index is 0.0801. The van der Waals surface area contributed by atoms with Crippen LogP contribution in [0.2, 0.25) is 0 Å². The summed E-state index contributed by atoms with van der Waals surface area (Å²) < 4.78 is 27.8. The highest BCUT2D eigenvalue weighted by Crippen LogP contribution is 2.28. The van der Waals surface area contributed by atoms with Crippen molar-refractivity contribution in [3.8, 4) is 0 Å². The number of nitrogens with zero attached hydrogens (tertiary/aromatic N) is 1. The molecule has 0 fully saturated rings. The van der Waals surface area contributed by atoms with Gasteiger partial charge in [-0.05, 0) is 60.7 Å². The normalized spacial score (nSPS) is 10.8. The van der Waals surface area contributed by atoms with Gasteiger partial charge in [-0.25, -0.2) is 13.4 Å². The average Bonchev–Trinajstić information content (AvgIpc) is 2.79. The third-order valence-electron chi connectivity index (χ3n) is 4.22. The second-order valence-corrected chi connectivity index (χ2v) is 9.60. The SMILES string of the molecule is C=CCNC(=O)c1ccc(Sc2ccc(NS(=O)(=O)c3ccc(NC(C)=O)cc3)cc2)nc1. The van der Waals surface area contributed by atoms with Crippen molar-refractivity contribution in [1.29, 1.82) is 0 Å². The maximum absolute atomic E-state index is 12.6. The van der Waals surface area contributed by atoms with Gasteiger partial charge in [0, 0.05) is 35.9 Å². The lowest BCUT2D eigenvalue weighted by atomic mass is 10.3. The predicted octanol–water partition coefficient (Wildman–Crippen LogP) is 3.91. The number of hydrogen-bond acceptors (Lipinski definition) is 6. The van der Waals surface area contributed by atoms with Crippen molar-refractivity contribution in [3.05, 3.63) is 85.1 Å². The second kappa shape index (κ2) is 10.8. The fourth-order valence-corrected chi connectivity index (χ4v) is 4.50. The maximum Gasteiger partial charge on any atom is 0.261 e. The average molecular weight is 483 g/mol. The van der Waals surface area contributed by atoms with E-state index in [2.05, 4.69) is 26.9 Å². The molecule has 0 bridgehead atoms. The van der Waals surface area contributed by atoms with E-state index < -0.39 is 10.0 Å². The van der Waals surface area contributed by atoms with Crippen molar-refractivity contribution in [2.45, 2.75) is 21.7 Å². The zero-order valence-electron chi connectivity index (χ0n) is 17.7. The molecule has 10 heteroatoms. The lowest BCUT2D eigenvalue weighted by molar-refractivity contribution is -0.114. The summed E-state index contributed by atoms with van der Waals surface area (Å²) in [5.41, 5.74) is 1.38. The van der Waals surface area contributed by atoms with Crippen LogP contribution in [-0.2, 0) is 14.8 Å². The fraction of sp³-hybridized carbons (Fsp3) is 0.0870. The first-order valence-corrected chi connectivity index (χ1v) is 12.1. The summed E-state index contributed by atoms with van der Waals surface area (Å²) in [7, 11) is -3.78. The van der Waals surface area contributed by atoms with Crippen LogP contribution >= 0.6 is 11.8 Å². The number of nitrogens with one attached hydrogen (secondary N) is 3. The molecule has 3 N–H and O–H groups in total. The van der Waals surface area contributed by atoms with Crippen LogP contribution in [0.3, 0.4) is 0 Å². The smallest absolute Gasteiger partial charge is 0.261 e. The molecule has 0 saturated heterocycles. The number of pyridine rings is 1. The Hall–Kier alpha value is -3.63. The van der Waals surface area contributed by atoms with Gasteiger partial charge < -0.3 is 10.6 Å². The standard InChI is InChI=1S/C23H22N4O4S2/c1-3-14-24-23(29)17-4-13-22(25-15-17)32-20-9-5-19(6-10-20)27-33(30,31)21-11-7-18(8-12-21)26-16(2)28/h3-13,15,27H,1,14H2,2H3,(H,24,29)(H,26,28). The summed E-state index contributed by atoms with van der Waals surface area (Å²) in [5, 5.41) is 5.98. The Labute approximate surface area is 196 Å². The van der Waals surface area contributed by atoms with E-state index in [1.54, 1.807) is 42.5 Å². The summed E-state index contributed by atoms with van der Waals surface area (Å²) >= 11 is 1.38. The monoisotopic (exact) mass is 482 g/mol. The molecule has 0 radical (unpaired) electrons. The lowest BCUT2D eigenvalue weighted by Crippen LogP contribution is -2.23. The van der Waals surface area contributed by atoms with E-state index in [1.165, 1.54) is 49.1 Å². The van der Waals surface area contributed by atoms with E-state index in [9.17, 15) is 18.0 Å². The van der Waals surface area contributed by atoms with Crippen LogP contribution < -0.4 is 15.4 Å². The molecule has 2 amide bonds. The van der Waals surface area contributed by atoms with Crippen molar-refractivity contribution in [2.75, 3.05) is 16.6 Å². The summed E-state index contributed by atoms with van der Waals surface area (Å²) in [5.74, 6) is -0.456. The molecular weight excluding hydrogens is 460 g/mol. The Kier molecular flexibility index (Phi) is 7.86. The first kappa shape index (κ1) is 24.0. The fourth-order valence-electron chi connectivity index (χ4n) is 2.69. The minimum Gasteiger partial charge on any atom is -0.349 e. The molecule has 1 aromatic heterocycles. The number of sulfonamides is 1. The molecule has 170 valence electrons. The Morgan fingerprint density at radius 1 is 1.00 bits per heavy atom. The Balaban J connectivity index is 1.62. The van der Waals surface area contributed by atoms with Crippen LogP contribution in [0.1, 0.15) is 17.3 Å². The topological polar surface area (TPSA) is 117 Å². The highest BCUT2D eigenvalue weighted by Gasteiger charge is 2.14. The van der Waals surface area contributed by atoms with Gasteiger partial charge in [0.2, 0.25) is 5.91 Å². The molecular formula is C23H22N4O4S2. The van der Waals surface area contributed by atoms with Crippen LogP contribution in [0.15, 0.2) is 94.3 Å². The van der Waals surface area contributed by atoms with Crippen molar-refractivity contribution in [3.63, 3.8) is 0 Å². The third kappa shape index (κ3) is 6.93. The largest absolute Gasteiger partial charge is 0.349 e. The highest BCUT2D eigenvalue weighted by atomic mass is 32.2. The van der Waals surface area contributed by atoms with Gasteiger partial charge in [0.25, 0.3) is 15.9 Å². The van der Waals surface area contributed by atoms with Crippen LogP contribution in [0.5, 0.6) is 0 Å². The van der Waals surface area contributed by atoms with E-state index >= 15 is 0 Å². The molecule has 0 unspecified atom stereocenters. The number of rotatable bonds is 9. The van der Waals surface area contributed by atoms with Crippen molar-refractivity contribution >= 4 is 45.0 Å². The van der Waals surface area contributed by atoms with Gasteiger partial charge in [0.15, 0.2) is 0 Å². The van der Waals surface area contributed by atoms with E-state index in [0.29, 0.717) is 28.5 Å². The third-order valence-corrected chi connectivity index (χ3v) is 6.58. The van der Waals surface area contributed by atoms with Gasteiger partial charge in [-0.1, -0.05) is 17.8 Å². The number of hydrogen-bond donors (Lipinski definition) is 3. The molecule has 3 rings (SSSR count). The van der Waals surface area contributed by atoms with E-state index in [0.717, 1.165) is 4.90 Å². The van der Waals surface area contributed by atoms with Crippen LogP contribution in [0, 0.1) is 0 Å². The van der Waals surface area contributed by atoms with Gasteiger partial charge in [-0.15, -0.1) is 6.58 Å². The number of aromatic nitrogens is 1. The van der Waals surface area contributed by atoms with Crippen LogP contribution in [-0.4, -0.2) is 31.8 Å². The number of carbonyl (C=O) groups is 2. The zero-order chi connectivity index (χ0) is 23.8. The highest BCUT2D eigenvalue weighted by molar-refractivity contribution is 7.99. The number of benzene rings is 2. The van der Waals surface area contributed by atoms with Crippen molar-refractivity contribution in [2.24, 2.45) is 0 Å². The van der Waals surface area contributed by atoms with Gasteiger partial charge in [-0.2, -0.15) is 0 Å². The second-order valence-electron chi connectivity index (χ2n) is 6.82. The first-order valence-electron chi connectivity index (χ1n) is 9.80. The summed E-state index contributed by atoms with van der Waals surface area (Å²) in [6.45, 7) is 5.32. The van der Waals surface area contributed by atoms with Gasteiger partial charge in [0.05, 0.1) is 10.5 Å². The minimum atomic E-state index is -3.78. The number of anilines is 2. The molecule has 1 heterocycles. The molecule has 0 spiro atoms. The quantitative estimate of drug-likeness (QED) is 0.398. The molecule has 3 aromatic rings. The van der Waals surface area contributed by atoms with Crippen molar-refractivity contribution in [1.82, 2.24) is 10.3 Å². The maximum atomic E-state index is 12.6. The number of carbonyl (C=O) groups excluding carboxylic acids is 2. The predicted molar refractivity (Wildman–Crippen MR) is 129 cm³/mol. The van der Waals surface area contributed by atoms with Gasteiger partial charge in [0.1, 0.15) is 5.03 Å².